The van der Waals surface area contributed by atoms with Gasteiger partial charge in [0.15, 0.2) is 0 Å². The number of rotatable bonds is 8. The first-order chi connectivity index (χ1) is 11.0. The lowest BCUT2D eigenvalue weighted by atomic mass is 10.1. The molecule has 2 aromatic carbocycles. The van der Waals surface area contributed by atoms with Gasteiger partial charge in [-0.15, -0.1) is 0 Å². The van der Waals surface area contributed by atoms with Crippen molar-refractivity contribution in [3.05, 3.63) is 60.2 Å². The summed E-state index contributed by atoms with van der Waals surface area (Å²) in [6.45, 7) is 3.82. The summed E-state index contributed by atoms with van der Waals surface area (Å²) in [6, 6.07) is 17.0. The summed E-state index contributed by atoms with van der Waals surface area (Å²) in [5.74, 6) is 0.631. The van der Waals surface area contributed by atoms with E-state index in [1.54, 1.807) is 18.2 Å². The monoisotopic (exact) mass is 333 g/mol. The molecule has 23 heavy (non-hydrogen) atoms. The molecule has 0 saturated heterocycles. The highest BCUT2D eigenvalue weighted by atomic mass is 32.2. The first kappa shape index (κ1) is 17.3. The SMILES string of the molecule is CC(C)Oc1ccccc1NS(=O)(=O)CCCc1ccccc1. The molecule has 0 aliphatic rings. The van der Waals surface area contributed by atoms with E-state index in [1.807, 2.05) is 50.2 Å². The molecule has 0 amide bonds. The maximum atomic E-state index is 12.3. The number of hydrogen-bond donors (Lipinski definition) is 1. The van der Waals surface area contributed by atoms with Crippen LogP contribution in [-0.4, -0.2) is 20.3 Å². The second kappa shape index (κ2) is 8.02. The number of sulfonamides is 1. The Kier molecular flexibility index (Phi) is 6.04. The first-order valence-electron chi connectivity index (χ1n) is 7.76. The lowest BCUT2D eigenvalue weighted by molar-refractivity contribution is 0.244. The molecule has 0 bridgehead atoms. The molecule has 0 heterocycles. The Bertz CT molecular complexity index is 712. The Hall–Kier alpha value is -2.01. The summed E-state index contributed by atoms with van der Waals surface area (Å²) in [5.41, 5.74) is 1.63. The highest BCUT2D eigenvalue weighted by Gasteiger charge is 2.14. The van der Waals surface area contributed by atoms with E-state index >= 15 is 0 Å². The molecule has 0 aliphatic heterocycles. The predicted octanol–water partition coefficient (Wildman–Crippen LogP) is 3.85. The normalized spacial score (nSPS) is 11.4. The average molecular weight is 333 g/mol. The fourth-order valence-electron chi connectivity index (χ4n) is 2.24. The van der Waals surface area contributed by atoms with Crippen LogP contribution in [0.5, 0.6) is 5.75 Å². The number of anilines is 1. The predicted molar refractivity (Wildman–Crippen MR) is 94.4 cm³/mol. The molecule has 0 saturated carbocycles. The van der Waals surface area contributed by atoms with Crippen LogP contribution in [0.25, 0.3) is 0 Å². The average Bonchev–Trinajstić information content (AvgIpc) is 2.49. The van der Waals surface area contributed by atoms with Crippen LogP contribution in [-0.2, 0) is 16.4 Å². The molecular weight excluding hydrogens is 310 g/mol. The molecule has 0 aliphatic carbocycles. The zero-order valence-electron chi connectivity index (χ0n) is 13.5. The van der Waals surface area contributed by atoms with Crippen LogP contribution in [0.1, 0.15) is 25.8 Å². The third-order valence-electron chi connectivity index (χ3n) is 3.24. The molecule has 5 heteroatoms. The second-order valence-electron chi connectivity index (χ2n) is 5.67. The maximum absolute atomic E-state index is 12.3. The zero-order chi connectivity index (χ0) is 16.7. The highest BCUT2D eigenvalue weighted by molar-refractivity contribution is 7.92. The molecule has 1 N–H and O–H groups in total. The summed E-state index contributed by atoms with van der Waals surface area (Å²) in [7, 11) is -3.39. The summed E-state index contributed by atoms with van der Waals surface area (Å²) < 4.78 is 32.8. The van der Waals surface area contributed by atoms with E-state index in [2.05, 4.69) is 4.72 Å². The quantitative estimate of drug-likeness (QED) is 0.798. The summed E-state index contributed by atoms with van der Waals surface area (Å²) in [4.78, 5) is 0. The lowest BCUT2D eigenvalue weighted by Crippen LogP contribution is -2.18. The molecule has 0 aromatic heterocycles. The van der Waals surface area contributed by atoms with E-state index in [4.69, 9.17) is 4.74 Å². The van der Waals surface area contributed by atoms with E-state index < -0.39 is 10.0 Å². The Labute approximate surface area is 138 Å². The number of hydrogen-bond acceptors (Lipinski definition) is 3. The van der Waals surface area contributed by atoms with E-state index in [0.717, 1.165) is 12.0 Å². The number of nitrogens with one attached hydrogen (secondary N) is 1. The van der Waals surface area contributed by atoms with Crippen molar-refractivity contribution in [3.63, 3.8) is 0 Å². The standard InChI is InChI=1S/C18H23NO3S/c1-15(2)22-18-13-7-6-12-17(18)19-23(20,21)14-8-11-16-9-4-3-5-10-16/h3-7,9-10,12-13,15,19H,8,11,14H2,1-2H3. The van der Waals surface area contributed by atoms with E-state index in [0.29, 0.717) is 17.9 Å². The number of benzene rings is 2. The topological polar surface area (TPSA) is 55.4 Å². The van der Waals surface area contributed by atoms with Crippen molar-refractivity contribution >= 4 is 15.7 Å². The third kappa shape index (κ3) is 5.94. The molecule has 0 unspecified atom stereocenters. The van der Waals surface area contributed by atoms with Crippen molar-refractivity contribution in [2.75, 3.05) is 10.5 Å². The van der Waals surface area contributed by atoms with Gasteiger partial charge in [-0.05, 0) is 44.4 Å². The van der Waals surface area contributed by atoms with Gasteiger partial charge in [0.25, 0.3) is 0 Å². The zero-order valence-corrected chi connectivity index (χ0v) is 14.3. The van der Waals surface area contributed by atoms with Crippen LogP contribution in [0.15, 0.2) is 54.6 Å². The largest absolute Gasteiger partial charge is 0.489 e. The van der Waals surface area contributed by atoms with Gasteiger partial charge in [-0.1, -0.05) is 42.5 Å². The summed E-state index contributed by atoms with van der Waals surface area (Å²) in [6.07, 6.45) is 1.30. The van der Waals surface area contributed by atoms with Crippen molar-refractivity contribution < 1.29 is 13.2 Å². The van der Waals surface area contributed by atoms with Crippen molar-refractivity contribution in [2.24, 2.45) is 0 Å². The number of aryl methyl sites for hydroxylation is 1. The smallest absolute Gasteiger partial charge is 0.232 e. The second-order valence-corrected chi connectivity index (χ2v) is 7.51. The van der Waals surface area contributed by atoms with Crippen molar-refractivity contribution in [1.82, 2.24) is 0 Å². The minimum Gasteiger partial charge on any atom is -0.489 e. The Morgan fingerprint density at radius 1 is 1.00 bits per heavy atom. The summed E-state index contributed by atoms with van der Waals surface area (Å²) in [5, 5.41) is 0. The molecule has 4 nitrogen and oxygen atoms in total. The Balaban J connectivity index is 1.96. The van der Waals surface area contributed by atoms with Crippen molar-refractivity contribution in [1.29, 1.82) is 0 Å². The molecule has 0 radical (unpaired) electrons. The molecule has 124 valence electrons. The first-order valence-corrected chi connectivity index (χ1v) is 9.41. The number of ether oxygens (including phenoxy) is 1. The Morgan fingerprint density at radius 3 is 2.35 bits per heavy atom. The van der Waals surface area contributed by atoms with Gasteiger partial charge in [0.2, 0.25) is 10.0 Å². The Morgan fingerprint density at radius 2 is 1.65 bits per heavy atom. The fourth-order valence-corrected chi connectivity index (χ4v) is 3.37. The minimum atomic E-state index is -3.39. The molecule has 0 spiro atoms. The number of para-hydroxylation sites is 2. The maximum Gasteiger partial charge on any atom is 0.232 e. The van der Waals surface area contributed by atoms with Crippen molar-refractivity contribution in [3.8, 4) is 5.75 Å². The van der Waals surface area contributed by atoms with Gasteiger partial charge < -0.3 is 4.74 Å². The van der Waals surface area contributed by atoms with Gasteiger partial charge in [0.1, 0.15) is 5.75 Å². The van der Waals surface area contributed by atoms with Crippen LogP contribution in [0.4, 0.5) is 5.69 Å². The fraction of sp³-hybridized carbons (Fsp3) is 0.333. The van der Waals surface area contributed by atoms with Gasteiger partial charge in [-0.2, -0.15) is 0 Å². The minimum absolute atomic E-state index is 0.0151. The molecule has 0 atom stereocenters. The van der Waals surface area contributed by atoms with Crippen LogP contribution < -0.4 is 9.46 Å². The van der Waals surface area contributed by atoms with Crippen LogP contribution >= 0.6 is 0 Å². The molecule has 2 aromatic rings. The van der Waals surface area contributed by atoms with E-state index in [-0.39, 0.29) is 11.9 Å². The third-order valence-corrected chi connectivity index (χ3v) is 4.59. The van der Waals surface area contributed by atoms with Crippen LogP contribution in [0.3, 0.4) is 0 Å². The van der Waals surface area contributed by atoms with E-state index in [9.17, 15) is 8.42 Å². The van der Waals surface area contributed by atoms with Gasteiger partial charge in [-0.25, -0.2) is 8.42 Å². The molecule has 0 fully saturated rings. The van der Waals surface area contributed by atoms with Crippen LogP contribution in [0, 0.1) is 0 Å². The van der Waals surface area contributed by atoms with Gasteiger partial charge in [0, 0.05) is 0 Å². The lowest BCUT2D eigenvalue weighted by Gasteiger charge is -2.15. The van der Waals surface area contributed by atoms with Crippen LogP contribution in [0.2, 0.25) is 0 Å². The van der Waals surface area contributed by atoms with Gasteiger partial charge in [0.05, 0.1) is 17.5 Å². The van der Waals surface area contributed by atoms with Gasteiger partial charge >= 0.3 is 0 Å². The molecule has 2 rings (SSSR count). The van der Waals surface area contributed by atoms with Gasteiger partial charge in [-0.3, -0.25) is 4.72 Å². The van der Waals surface area contributed by atoms with Crippen molar-refractivity contribution in [2.45, 2.75) is 32.8 Å². The highest BCUT2D eigenvalue weighted by Crippen LogP contribution is 2.26. The van der Waals surface area contributed by atoms with E-state index in [1.165, 1.54) is 0 Å². The summed E-state index contributed by atoms with van der Waals surface area (Å²) >= 11 is 0. The molecular formula is C18H23NO3S.